The largest absolute Gasteiger partial charge is 0.466 e. The van der Waals surface area contributed by atoms with Crippen LogP contribution >= 0.6 is 0 Å². The summed E-state index contributed by atoms with van der Waals surface area (Å²) in [5, 5.41) is 9.54. The van der Waals surface area contributed by atoms with Crippen molar-refractivity contribution in [2.45, 2.75) is 57.3 Å². The third-order valence-corrected chi connectivity index (χ3v) is 4.24. The van der Waals surface area contributed by atoms with E-state index in [1.165, 1.54) is 13.5 Å². The molecule has 0 N–H and O–H groups in total. The van der Waals surface area contributed by atoms with Crippen LogP contribution in [0.25, 0.3) is 0 Å². The van der Waals surface area contributed by atoms with Gasteiger partial charge in [0.15, 0.2) is 8.32 Å². The lowest BCUT2D eigenvalue weighted by atomic mass is 9.77. The lowest BCUT2D eigenvalue weighted by Crippen LogP contribution is -2.53. The van der Waals surface area contributed by atoms with Crippen molar-refractivity contribution in [3.8, 4) is 6.07 Å². The van der Waals surface area contributed by atoms with Gasteiger partial charge in [-0.3, -0.25) is 0 Å². The first-order valence-electron chi connectivity index (χ1n) is 6.55. The van der Waals surface area contributed by atoms with Crippen LogP contribution in [0.5, 0.6) is 0 Å². The first-order chi connectivity index (χ1) is 8.35. The van der Waals surface area contributed by atoms with Gasteiger partial charge in [-0.05, 0) is 32.5 Å². The van der Waals surface area contributed by atoms with Crippen LogP contribution in [-0.4, -0.2) is 27.0 Å². The number of hydrogen-bond acceptors (Lipinski definition) is 4. The van der Waals surface area contributed by atoms with Crippen molar-refractivity contribution < 1.29 is 14.0 Å². The van der Waals surface area contributed by atoms with Gasteiger partial charge in [-0.1, -0.05) is 19.3 Å². The first-order valence-corrected chi connectivity index (χ1v) is 9.96. The molecule has 5 heteroatoms. The topological polar surface area (TPSA) is 59.3 Å². The monoisotopic (exact) mass is 269 g/mol. The minimum absolute atomic E-state index is 0.0320. The highest BCUT2D eigenvalue weighted by atomic mass is 28.4. The molecule has 1 fully saturated rings. The summed E-state index contributed by atoms with van der Waals surface area (Å²) in [5.74, 6) is -0.560. The predicted molar refractivity (Wildman–Crippen MR) is 71.4 cm³/mol. The summed E-state index contributed by atoms with van der Waals surface area (Å²) in [6, 6.07) is 2.13. The molecule has 0 radical (unpaired) electrons. The highest BCUT2D eigenvalue weighted by molar-refractivity contribution is 6.70. The summed E-state index contributed by atoms with van der Waals surface area (Å²) in [4.78, 5) is 12.1. The molecule has 1 saturated carbocycles. The first kappa shape index (κ1) is 15.2. The van der Waals surface area contributed by atoms with Gasteiger partial charge in [0.25, 0.3) is 0 Å². The molecule has 0 heterocycles. The van der Waals surface area contributed by atoms with Crippen molar-refractivity contribution in [1.29, 1.82) is 5.26 Å². The summed E-state index contributed by atoms with van der Waals surface area (Å²) < 4.78 is 10.8. The molecule has 0 saturated heterocycles. The van der Waals surface area contributed by atoms with Crippen molar-refractivity contribution in [3.05, 3.63) is 0 Å². The number of ether oxygens (including phenoxy) is 1. The molecule has 1 rings (SSSR count). The molecule has 18 heavy (non-hydrogen) atoms. The number of rotatable bonds is 4. The Hall–Kier alpha value is -0.863. The summed E-state index contributed by atoms with van der Waals surface area (Å²) >= 11 is 0. The van der Waals surface area contributed by atoms with E-state index in [0.29, 0.717) is 0 Å². The Kier molecular flexibility index (Phi) is 4.94. The van der Waals surface area contributed by atoms with Crippen LogP contribution in [0, 0.1) is 17.2 Å². The zero-order valence-corrected chi connectivity index (χ0v) is 12.8. The molecule has 1 atom stereocenters. The Morgan fingerprint density at radius 2 is 1.83 bits per heavy atom. The van der Waals surface area contributed by atoms with E-state index < -0.39 is 19.9 Å². The highest BCUT2D eigenvalue weighted by Crippen LogP contribution is 2.37. The molecule has 0 aromatic heterocycles. The van der Waals surface area contributed by atoms with Gasteiger partial charge in [-0.15, -0.1) is 0 Å². The smallest absolute Gasteiger partial charge is 0.352 e. The molecule has 4 nitrogen and oxygen atoms in total. The van der Waals surface area contributed by atoms with Crippen LogP contribution in [-0.2, 0) is 14.0 Å². The van der Waals surface area contributed by atoms with E-state index in [0.717, 1.165) is 25.7 Å². The third-order valence-electron chi connectivity index (χ3n) is 3.30. The van der Waals surface area contributed by atoms with E-state index in [1.54, 1.807) is 0 Å². The number of esters is 1. The van der Waals surface area contributed by atoms with E-state index in [1.807, 2.05) is 19.6 Å². The molecule has 1 aliphatic carbocycles. The lowest BCUT2D eigenvalue weighted by Gasteiger charge is -2.38. The second kappa shape index (κ2) is 5.85. The van der Waals surface area contributed by atoms with Crippen molar-refractivity contribution in [2.75, 3.05) is 7.11 Å². The van der Waals surface area contributed by atoms with Gasteiger partial charge in [0.2, 0.25) is 5.60 Å². The van der Waals surface area contributed by atoms with E-state index in [9.17, 15) is 10.1 Å². The minimum Gasteiger partial charge on any atom is -0.466 e. The number of carbonyl (C=O) groups excluding carboxylic acids is 1. The molecule has 0 aromatic carbocycles. The fourth-order valence-corrected chi connectivity index (χ4v) is 3.86. The Morgan fingerprint density at radius 3 is 2.22 bits per heavy atom. The normalized spacial score (nSPS) is 20.8. The van der Waals surface area contributed by atoms with E-state index in [-0.39, 0.29) is 5.92 Å². The van der Waals surface area contributed by atoms with Crippen LogP contribution in [0.1, 0.15) is 32.1 Å². The van der Waals surface area contributed by atoms with E-state index in [2.05, 4.69) is 6.07 Å². The summed E-state index contributed by atoms with van der Waals surface area (Å²) in [7, 11) is -0.676. The molecule has 0 bridgehead atoms. The molecule has 0 unspecified atom stereocenters. The quantitative estimate of drug-likeness (QED) is 0.581. The zero-order chi connectivity index (χ0) is 13.8. The Bertz CT molecular complexity index is 339. The van der Waals surface area contributed by atoms with Gasteiger partial charge < -0.3 is 9.16 Å². The van der Waals surface area contributed by atoms with Gasteiger partial charge in [0, 0.05) is 5.92 Å². The van der Waals surface area contributed by atoms with Crippen LogP contribution in [0.4, 0.5) is 0 Å². The maximum Gasteiger partial charge on any atom is 0.352 e. The highest BCUT2D eigenvalue weighted by Gasteiger charge is 2.51. The van der Waals surface area contributed by atoms with Crippen LogP contribution < -0.4 is 0 Å². The molecular weight excluding hydrogens is 246 g/mol. The predicted octanol–water partition coefficient (Wildman–Crippen LogP) is 2.85. The summed E-state index contributed by atoms with van der Waals surface area (Å²) in [6.45, 7) is 5.97. The van der Waals surface area contributed by atoms with Gasteiger partial charge in [-0.25, -0.2) is 4.79 Å². The second-order valence-electron chi connectivity index (χ2n) is 5.89. The van der Waals surface area contributed by atoms with Crippen LogP contribution in [0.3, 0.4) is 0 Å². The summed E-state index contributed by atoms with van der Waals surface area (Å²) in [5.41, 5.74) is -1.39. The molecular formula is C13H23NO3Si. The average molecular weight is 269 g/mol. The standard InChI is InChI=1S/C13H23NO3Si/c1-16-12(15)13(10-14,17-18(2,3)4)11-8-6-5-7-9-11/h11H,5-9H2,1-4H3/t13-/m0/s1. The zero-order valence-electron chi connectivity index (χ0n) is 11.8. The molecule has 1 aliphatic rings. The van der Waals surface area contributed by atoms with Crippen LogP contribution in [0.2, 0.25) is 19.6 Å². The Labute approximate surface area is 110 Å². The van der Waals surface area contributed by atoms with E-state index in [4.69, 9.17) is 9.16 Å². The molecule has 0 aromatic rings. The van der Waals surface area contributed by atoms with E-state index >= 15 is 0 Å². The van der Waals surface area contributed by atoms with Gasteiger partial charge in [-0.2, -0.15) is 5.26 Å². The van der Waals surface area contributed by atoms with Gasteiger partial charge >= 0.3 is 5.97 Å². The third kappa shape index (κ3) is 3.33. The fourth-order valence-electron chi connectivity index (χ4n) is 2.60. The lowest BCUT2D eigenvalue weighted by molar-refractivity contribution is -0.160. The van der Waals surface area contributed by atoms with Crippen molar-refractivity contribution >= 4 is 14.3 Å². The molecule has 0 spiro atoms. The molecule has 102 valence electrons. The molecule has 0 aliphatic heterocycles. The second-order valence-corrected chi connectivity index (χ2v) is 10.3. The maximum atomic E-state index is 12.1. The Morgan fingerprint density at radius 1 is 1.28 bits per heavy atom. The maximum absolute atomic E-state index is 12.1. The van der Waals surface area contributed by atoms with Crippen molar-refractivity contribution in [3.63, 3.8) is 0 Å². The fraction of sp³-hybridized carbons (Fsp3) is 0.846. The van der Waals surface area contributed by atoms with Crippen LogP contribution in [0.15, 0.2) is 0 Å². The van der Waals surface area contributed by atoms with Gasteiger partial charge in [0.05, 0.1) is 7.11 Å². The summed E-state index contributed by atoms with van der Waals surface area (Å²) in [6.07, 6.45) is 5.02. The van der Waals surface area contributed by atoms with Crippen molar-refractivity contribution in [2.24, 2.45) is 5.92 Å². The average Bonchev–Trinajstić information content (AvgIpc) is 2.35. The van der Waals surface area contributed by atoms with Crippen molar-refractivity contribution in [1.82, 2.24) is 0 Å². The Balaban J connectivity index is 3.05. The number of hydrogen-bond donors (Lipinski definition) is 0. The SMILES string of the molecule is COC(=O)[C@@](C#N)(O[Si](C)(C)C)C1CCCCC1. The number of nitrogens with zero attached hydrogens (tertiary/aromatic N) is 1. The number of carbonyl (C=O) groups is 1. The number of nitriles is 1. The number of methoxy groups -OCH3 is 1. The minimum atomic E-state index is -2.00. The molecule has 0 amide bonds. The van der Waals surface area contributed by atoms with Gasteiger partial charge in [0.1, 0.15) is 6.07 Å².